The van der Waals surface area contributed by atoms with Crippen LogP contribution in [0.5, 0.6) is 5.75 Å². The summed E-state index contributed by atoms with van der Waals surface area (Å²) in [5.74, 6) is 1.63. The van der Waals surface area contributed by atoms with Crippen LogP contribution in [0.1, 0.15) is 0 Å². The highest BCUT2D eigenvalue weighted by Gasteiger charge is 2.01. The minimum atomic E-state index is 0.432. The summed E-state index contributed by atoms with van der Waals surface area (Å²) < 4.78 is 11.7. The van der Waals surface area contributed by atoms with Crippen LogP contribution in [0.15, 0.2) is 35.0 Å². The van der Waals surface area contributed by atoms with Gasteiger partial charge in [0.25, 0.3) is 0 Å². The summed E-state index contributed by atoms with van der Waals surface area (Å²) in [6.07, 6.45) is 0. The van der Waals surface area contributed by atoms with Crippen molar-refractivity contribution in [3.05, 3.63) is 38.6 Å². The molecule has 0 saturated heterocycles. The van der Waals surface area contributed by atoms with Crippen LogP contribution < -0.4 is 4.74 Å². The van der Waals surface area contributed by atoms with Gasteiger partial charge in [-0.05, 0) is 34.7 Å². The molecule has 2 nitrogen and oxygen atoms in total. The molecule has 14 heavy (non-hydrogen) atoms. The zero-order valence-electron chi connectivity index (χ0n) is 7.67. The van der Waals surface area contributed by atoms with Crippen molar-refractivity contribution >= 4 is 38.5 Å². The van der Waals surface area contributed by atoms with E-state index >= 15 is 0 Å². The molecule has 0 aliphatic rings. The number of methoxy groups -OCH3 is 1. The van der Waals surface area contributed by atoms with Gasteiger partial charge in [0.1, 0.15) is 18.1 Å². The molecule has 1 rings (SSSR count). The maximum Gasteiger partial charge on any atom is 0.146 e. The van der Waals surface area contributed by atoms with Gasteiger partial charge in [0.2, 0.25) is 0 Å². The summed E-state index contributed by atoms with van der Waals surface area (Å²) >= 11 is 5.43. The Balaban J connectivity index is 2.58. The van der Waals surface area contributed by atoms with Crippen molar-refractivity contribution in [2.75, 3.05) is 13.7 Å². The average molecular weight is 369 g/mol. The molecule has 0 radical (unpaired) electrons. The number of halogens is 2. The standard InChI is InChI=1S/C10H10BrIO2/c1-13-8(6-11)7-14-10-5-3-2-4-9(10)12/h2-6H,7H2,1H3/b8-6+. The number of ether oxygens (including phenoxy) is 2. The molecule has 0 fully saturated rings. The topological polar surface area (TPSA) is 18.5 Å². The Bertz CT molecular complexity index is 326. The lowest BCUT2D eigenvalue weighted by atomic mass is 10.3. The van der Waals surface area contributed by atoms with Crippen LogP contribution in [0.25, 0.3) is 0 Å². The molecule has 0 bridgehead atoms. The molecule has 0 aliphatic carbocycles. The second-order valence-electron chi connectivity index (χ2n) is 2.50. The lowest BCUT2D eigenvalue weighted by Gasteiger charge is -2.09. The predicted octanol–water partition coefficient (Wildman–Crippen LogP) is 3.55. The molecular weight excluding hydrogens is 359 g/mol. The van der Waals surface area contributed by atoms with Gasteiger partial charge in [0, 0.05) is 4.99 Å². The SMILES string of the molecule is CO/C(=C/Br)COc1ccccc1I. The fourth-order valence-corrected chi connectivity index (χ4v) is 1.71. The quantitative estimate of drug-likeness (QED) is 0.597. The van der Waals surface area contributed by atoms with Crippen LogP contribution in [-0.2, 0) is 4.74 Å². The highest BCUT2D eigenvalue weighted by molar-refractivity contribution is 14.1. The van der Waals surface area contributed by atoms with Gasteiger partial charge in [-0.2, -0.15) is 0 Å². The number of hydrogen-bond acceptors (Lipinski definition) is 2. The molecule has 0 N–H and O–H groups in total. The number of para-hydroxylation sites is 1. The summed E-state index contributed by atoms with van der Waals surface area (Å²) in [7, 11) is 1.62. The third-order valence-corrected chi connectivity index (χ3v) is 2.99. The lowest BCUT2D eigenvalue weighted by Crippen LogP contribution is -2.03. The zero-order valence-corrected chi connectivity index (χ0v) is 11.4. The van der Waals surface area contributed by atoms with Gasteiger partial charge in [-0.15, -0.1) is 0 Å². The normalized spacial score (nSPS) is 11.2. The fraction of sp³-hybridized carbons (Fsp3) is 0.200. The summed E-state index contributed by atoms with van der Waals surface area (Å²) in [6.45, 7) is 0.432. The van der Waals surface area contributed by atoms with Crippen LogP contribution in [0.2, 0.25) is 0 Å². The smallest absolute Gasteiger partial charge is 0.146 e. The molecule has 1 aromatic carbocycles. The first-order valence-corrected chi connectivity index (χ1v) is 5.98. The van der Waals surface area contributed by atoms with Crippen molar-refractivity contribution in [1.29, 1.82) is 0 Å². The summed E-state index contributed by atoms with van der Waals surface area (Å²) in [5.41, 5.74) is 0. The summed E-state index contributed by atoms with van der Waals surface area (Å²) in [4.78, 5) is 1.71. The molecule has 4 heteroatoms. The molecular formula is C10H10BrIO2. The van der Waals surface area contributed by atoms with Crippen LogP contribution in [0, 0.1) is 3.57 Å². The maximum atomic E-state index is 5.55. The molecule has 0 amide bonds. The van der Waals surface area contributed by atoms with Crippen LogP contribution in [0.3, 0.4) is 0 Å². The molecule has 0 aromatic heterocycles. The van der Waals surface area contributed by atoms with Gasteiger partial charge < -0.3 is 9.47 Å². The van der Waals surface area contributed by atoms with E-state index in [1.165, 1.54) is 0 Å². The highest BCUT2D eigenvalue weighted by Crippen LogP contribution is 2.20. The van der Waals surface area contributed by atoms with E-state index in [2.05, 4.69) is 38.5 Å². The van der Waals surface area contributed by atoms with Gasteiger partial charge >= 0.3 is 0 Å². The molecule has 1 aromatic rings. The molecule has 76 valence electrons. The van der Waals surface area contributed by atoms with Gasteiger partial charge in [0.15, 0.2) is 0 Å². The fourth-order valence-electron chi connectivity index (χ4n) is 0.846. The Hall–Kier alpha value is -0.230. The minimum Gasteiger partial charge on any atom is -0.497 e. The van der Waals surface area contributed by atoms with E-state index in [1.807, 2.05) is 24.3 Å². The molecule has 0 aliphatic heterocycles. The molecule has 0 spiro atoms. The predicted molar refractivity (Wildman–Crippen MR) is 68.7 cm³/mol. The van der Waals surface area contributed by atoms with Gasteiger partial charge in [0.05, 0.1) is 10.7 Å². The molecule has 0 unspecified atom stereocenters. The third-order valence-electron chi connectivity index (χ3n) is 1.59. The van der Waals surface area contributed by atoms with Crippen LogP contribution in [-0.4, -0.2) is 13.7 Å². The lowest BCUT2D eigenvalue weighted by molar-refractivity contribution is 0.219. The van der Waals surface area contributed by atoms with Gasteiger partial charge in [-0.1, -0.05) is 28.1 Å². The summed E-state index contributed by atoms with van der Waals surface area (Å²) in [6, 6.07) is 7.86. The van der Waals surface area contributed by atoms with Crippen molar-refractivity contribution < 1.29 is 9.47 Å². The van der Waals surface area contributed by atoms with Crippen molar-refractivity contribution in [3.63, 3.8) is 0 Å². The number of hydrogen-bond donors (Lipinski definition) is 0. The monoisotopic (exact) mass is 368 g/mol. The largest absolute Gasteiger partial charge is 0.497 e. The second-order valence-corrected chi connectivity index (χ2v) is 4.12. The van der Waals surface area contributed by atoms with E-state index in [-0.39, 0.29) is 0 Å². The Kier molecular flexibility index (Phi) is 5.32. The second kappa shape index (κ2) is 6.29. The number of benzene rings is 1. The van der Waals surface area contributed by atoms with Crippen molar-refractivity contribution in [2.24, 2.45) is 0 Å². The Labute approximate surface area is 106 Å². The van der Waals surface area contributed by atoms with E-state index in [4.69, 9.17) is 9.47 Å². The van der Waals surface area contributed by atoms with Gasteiger partial charge in [-0.25, -0.2) is 0 Å². The molecule has 0 saturated carbocycles. The Morgan fingerprint density at radius 3 is 2.79 bits per heavy atom. The first kappa shape index (κ1) is 11.8. The van der Waals surface area contributed by atoms with Crippen molar-refractivity contribution in [2.45, 2.75) is 0 Å². The Morgan fingerprint density at radius 2 is 2.21 bits per heavy atom. The molecule has 0 heterocycles. The van der Waals surface area contributed by atoms with Crippen molar-refractivity contribution in [3.8, 4) is 5.75 Å². The first-order chi connectivity index (χ1) is 6.77. The minimum absolute atomic E-state index is 0.432. The van der Waals surface area contributed by atoms with E-state index in [9.17, 15) is 0 Å². The third kappa shape index (κ3) is 3.49. The van der Waals surface area contributed by atoms with E-state index < -0.39 is 0 Å². The van der Waals surface area contributed by atoms with Crippen molar-refractivity contribution in [1.82, 2.24) is 0 Å². The Morgan fingerprint density at radius 1 is 1.50 bits per heavy atom. The average Bonchev–Trinajstić information content (AvgIpc) is 2.22. The molecule has 0 atom stereocenters. The van der Waals surface area contributed by atoms with E-state index in [0.717, 1.165) is 15.1 Å². The van der Waals surface area contributed by atoms with E-state index in [0.29, 0.717) is 6.61 Å². The maximum absolute atomic E-state index is 5.55. The zero-order chi connectivity index (χ0) is 10.4. The summed E-state index contributed by atoms with van der Waals surface area (Å²) in [5, 5.41) is 0. The van der Waals surface area contributed by atoms with Crippen LogP contribution >= 0.6 is 38.5 Å². The van der Waals surface area contributed by atoms with Gasteiger partial charge in [-0.3, -0.25) is 0 Å². The first-order valence-electron chi connectivity index (χ1n) is 3.98. The van der Waals surface area contributed by atoms with Crippen LogP contribution in [0.4, 0.5) is 0 Å². The van der Waals surface area contributed by atoms with E-state index in [1.54, 1.807) is 12.1 Å². The number of rotatable bonds is 4. The highest BCUT2D eigenvalue weighted by atomic mass is 127.